The molecule has 1 heterocycles. The lowest BCUT2D eigenvalue weighted by Crippen LogP contribution is -2.35. The average Bonchev–Trinajstić information content (AvgIpc) is 2.35. The van der Waals surface area contributed by atoms with Crippen molar-refractivity contribution in [1.29, 1.82) is 5.26 Å². The number of fused-ring (bicyclic) bond motifs is 1. The molecule has 0 radical (unpaired) electrons. The highest BCUT2D eigenvalue weighted by Crippen LogP contribution is 2.29. The SMILES string of the molecule is N#Cc1ccc2c(c1)NCCN2CCCN. The number of anilines is 2. The molecule has 0 atom stereocenters. The van der Waals surface area contributed by atoms with E-state index in [1.807, 2.05) is 18.2 Å². The molecule has 0 saturated heterocycles. The van der Waals surface area contributed by atoms with Crippen molar-refractivity contribution in [3.8, 4) is 6.07 Å². The van der Waals surface area contributed by atoms with Gasteiger partial charge in [0, 0.05) is 19.6 Å². The predicted molar refractivity (Wildman–Crippen MR) is 65.5 cm³/mol. The Kier molecular flexibility index (Phi) is 3.28. The zero-order valence-corrected chi connectivity index (χ0v) is 9.24. The molecule has 0 aromatic heterocycles. The summed E-state index contributed by atoms with van der Waals surface area (Å²) in [6.07, 6.45) is 0.999. The Morgan fingerprint density at radius 3 is 3.12 bits per heavy atom. The van der Waals surface area contributed by atoms with E-state index >= 15 is 0 Å². The number of nitrogens with two attached hydrogens (primary N) is 1. The van der Waals surface area contributed by atoms with Gasteiger partial charge in [0.2, 0.25) is 0 Å². The molecule has 16 heavy (non-hydrogen) atoms. The smallest absolute Gasteiger partial charge is 0.0992 e. The van der Waals surface area contributed by atoms with Gasteiger partial charge in [-0.1, -0.05) is 0 Å². The Bertz CT molecular complexity index is 408. The van der Waals surface area contributed by atoms with Crippen LogP contribution < -0.4 is 16.0 Å². The fourth-order valence-corrected chi connectivity index (χ4v) is 1.98. The van der Waals surface area contributed by atoms with Gasteiger partial charge in [0.05, 0.1) is 23.0 Å². The minimum Gasteiger partial charge on any atom is -0.382 e. The molecule has 0 bridgehead atoms. The number of benzene rings is 1. The third kappa shape index (κ3) is 2.10. The molecule has 2 rings (SSSR count). The van der Waals surface area contributed by atoms with Gasteiger partial charge in [-0.3, -0.25) is 0 Å². The maximum Gasteiger partial charge on any atom is 0.0992 e. The lowest BCUT2D eigenvalue weighted by Gasteiger charge is -2.32. The molecule has 3 N–H and O–H groups in total. The van der Waals surface area contributed by atoms with Gasteiger partial charge in [-0.05, 0) is 31.2 Å². The van der Waals surface area contributed by atoms with Crippen LogP contribution in [0.3, 0.4) is 0 Å². The van der Waals surface area contributed by atoms with Crippen LogP contribution in [-0.4, -0.2) is 26.2 Å². The van der Waals surface area contributed by atoms with Gasteiger partial charge in [0.15, 0.2) is 0 Å². The first-order chi connectivity index (χ1) is 7.85. The van der Waals surface area contributed by atoms with Gasteiger partial charge in [0.1, 0.15) is 0 Å². The molecule has 1 aromatic carbocycles. The molecular weight excluding hydrogens is 200 g/mol. The van der Waals surface area contributed by atoms with Crippen LogP contribution in [0.25, 0.3) is 0 Å². The van der Waals surface area contributed by atoms with E-state index in [4.69, 9.17) is 11.0 Å². The molecule has 1 aliphatic heterocycles. The fraction of sp³-hybridized carbons (Fsp3) is 0.417. The molecule has 0 saturated carbocycles. The van der Waals surface area contributed by atoms with Crippen molar-refractivity contribution < 1.29 is 0 Å². The topological polar surface area (TPSA) is 65.1 Å². The van der Waals surface area contributed by atoms with Crippen LogP contribution in [-0.2, 0) is 0 Å². The van der Waals surface area contributed by atoms with Gasteiger partial charge in [-0.15, -0.1) is 0 Å². The van der Waals surface area contributed by atoms with Crippen LogP contribution in [0.2, 0.25) is 0 Å². The highest BCUT2D eigenvalue weighted by molar-refractivity contribution is 5.73. The second kappa shape index (κ2) is 4.86. The van der Waals surface area contributed by atoms with E-state index in [0.717, 1.165) is 38.3 Å². The zero-order chi connectivity index (χ0) is 11.4. The summed E-state index contributed by atoms with van der Waals surface area (Å²) < 4.78 is 0. The number of hydrogen-bond donors (Lipinski definition) is 2. The first-order valence-corrected chi connectivity index (χ1v) is 5.58. The van der Waals surface area contributed by atoms with Gasteiger partial charge in [-0.2, -0.15) is 5.26 Å². The number of nitrogens with zero attached hydrogens (tertiary/aromatic N) is 2. The summed E-state index contributed by atoms with van der Waals surface area (Å²) >= 11 is 0. The van der Waals surface area contributed by atoms with Crippen molar-refractivity contribution in [3.05, 3.63) is 23.8 Å². The maximum absolute atomic E-state index is 8.84. The molecule has 4 nitrogen and oxygen atoms in total. The molecule has 0 spiro atoms. The molecule has 0 unspecified atom stereocenters. The monoisotopic (exact) mass is 216 g/mol. The second-order valence-electron chi connectivity index (χ2n) is 3.90. The number of nitrogens with one attached hydrogen (secondary N) is 1. The molecular formula is C12H16N4. The van der Waals surface area contributed by atoms with E-state index in [0.29, 0.717) is 5.56 Å². The quantitative estimate of drug-likeness (QED) is 0.795. The third-order valence-electron chi connectivity index (χ3n) is 2.80. The first-order valence-electron chi connectivity index (χ1n) is 5.58. The molecule has 0 amide bonds. The Labute approximate surface area is 95.7 Å². The molecule has 4 heteroatoms. The molecule has 0 fully saturated rings. The van der Waals surface area contributed by atoms with Crippen LogP contribution in [0, 0.1) is 11.3 Å². The number of hydrogen-bond acceptors (Lipinski definition) is 4. The van der Waals surface area contributed by atoms with Crippen LogP contribution in [0.5, 0.6) is 0 Å². The van der Waals surface area contributed by atoms with Crippen molar-refractivity contribution in [3.63, 3.8) is 0 Å². The highest BCUT2D eigenvalue weighted by Gasteiger charge is 2.15. The number of rotatable bonds is 3. The van der Waals surface area contributed by atoms with Crippen LogP contribution in [0.1, 0.15) is 12.0 Å². The van der Waals surface area contributed by atoms with Gasteiger partial charge in [-0.25, -0.2) is 0 Å². The van der Waals surface area contributed by atoms with E-state index in [1.54, 1.807) is 0 Å². The summed E-state index contributed by atoms with van der Waals surface area (Å²) in [7, 11) is 0. The Balaban J connectivity index is 2.22. The summed E-state index contributed by atoms with van der Waals surface area (Å²) in [5, 5.41) is 12.2. The van der Waals surface area contributed by atoms with Gasteiger partial charge < -0.3 is 16.0 Å². The van der Waals surface area contributed by atoms with Crippen LogP contribution in [0.4, 0.5) is 11.4 Å². The van der Waals surface area contributed by atoms with Crippen molar-refractivity contribution in [2.75, 3.05) is 36.4 Å². The number of nitriles is 1. The average molecular weight is 216 g/mol. The molecule has 1 aliphatic rings. The van der Waals surface area contributed by atoms with Gasteiger partial charge >= 0.3 is 0 Å². The Hall–Kier alpha value is -1.73. The minimum absolute atomic E-state index is 0.701. The third-order valence-corrected chi connectivity index (χ3v) is 2.80. The lowest BCUT2D eigenvalue weighted by atomic mass is 10.1. The van der Waals surface area contributed by atoms with E-state index in [1.165, 1.54) is 5.69 Å². The molecule has 0 aliphatic carbocycles. The summed E-state index contributed by atoms with van der Waals surface area (Å²) in [5.41, 5.74) is 8.46. The van der Waals surface area contributed by atoms with E-state index in [9.17, 15) is 0 Å². The summed E-state index contributed by atoms with van der Waals surface area (Å²) in [5.74, 6) is 0. The van der Waals surface area contributed by atoms with Crippen molar-refractivity contribution >= 4 is 11.4 Å². The predicted octanol–water partition coefficient (Wildman–Crippen LogP) is 1.14. The van der Waals surface area contributed by atoms with Crippen molar-refractivity contribution in [2.24, 2.45) is 5.73 Å². The van der Waals surface area contributed by atoms with E-state index < -0.39 is 0 Å². The Morgan fingerprint density at radius 2 is 2.38 bits per heavy atom. The van der Waals surface area contributed by atoms with Gasteiger partial charge in [0.25, 0.3) is 0 Å². The first kappa shape index (κ1) is 10.8. The standard InChI is InChI=1S/C12H16N4/c13-4-1-6-16-7-5-15-11-8-10(9-14)2-3-12(11)16/h2-3,8,15H,1,4-7,13H2. The highest BCUT2D eigenvalue weighted by atomic mass is 15.2. The largest absolute Gasteiger partial charge is 0.382 e. The van der Waals surface area contributed by atoms with Crippen LogP contribution in [0.15, 0.2) is 18.2 Å². The lowest BCUT2D eigenvalue weighted by molar-refractivity contribution is 0.731. The minimum atomic E-state index is 0.701. The fourth-order valence-electron chi connectivity index (χ4n) is 1.98. The normalized spacial score (nSPS) is 13.9. The Morgan fingerprint density at radius 1 is 1.50 bits per heavy atom. The maximum atomic E-state index is 8.84. The van der Waals surface area contributed by atoms with Crippen LogP contribution >= 0.6 is 0 Å². The summed E-state index contributed by atoms with van der Waals surface area (Å²) in [4.78, 5) is 2.32. The summed E-state index contributed by atoms with van der Waals surface area (Å²) in [6.45, 7) is 3.62. The van der Waals surface area contributed by atoms with Crippen molar-refractivity contribution in [2.45, 2.75) is 6.42 Å². The van der Waals surface area contributed by atoms with E-state index in [-0.39, 0.29) is 0 Å². The molecule has 1 aromatic rings. The van der Waals surface area contributed by atoms with E-state index in [2.05, 4.69) is 16.3 Å². The molecule has 84 valence electrons. The summed E-state index contributed by atoms with van der Waals surface area (Å²) in [6, 6.07) is 7.94. The second-order valence-corrected chi connectivity index (χ2v) is 3.90. The van der Waals surface area contributed by atoms with Crippen molar-refractivity contribution in [1.82, 2.24) is 0 Å². The zero-order valence-electron chi connectivity index (χ0n) is 9.24.